The molecule has 0 radical (unpaired) electrons. The van der Waals surface area contributed by atoms with Crippen molar-refractivity contribution in [3.05, 3.63) is 46.2 Å². The summed E-state index contributed by atoms with van der Waals surface area (Å²) < 4.78 is 5.16. The van der Waals surface area contributed by atoms with Crippen molar-refractivity contribution >= 4 is 41.3 Å². The van der Waals surface area contributed by atoms with Crippen LogP contribution in [0.3, 0.4) is 0 Å². The molecule has 0 bridgehead atoms. The molecule has 2 rings (SSSR count). The SMILES string of the molecule is CN=C(NCc1cccs1)NCc1cc(OC)ccc1O.I. The monoisotopic (exact) mass is 433 g/mol. The van der Waals surface area contributed by atoms with Crippen molar-refractivity contribution in [3.8, 4) is 11.5 Å². The predicted octanol–water partition coefficient (Wildman–Crippen LogP) is 2.95. The number of nitrogens with one attached hydrogen (secondary N) is 2. The normalized spacial score (nSPS) is 10.7. The third kappa shape index (κ3) is 5.38. The van der Waals surface area contributed by atoms with Gasteiger partial charge in [-0.2, -0.15) is 0 Å². The maximum atomic E-state index is 9.84. The minimum absolute atomic E-state index is 0. The molecule has 0 atom stereocenters. The van der Waals surface area contributed by atoms with Crippen molar-refractivity contribution in [1.82, 2.24) is 10.6 Å². The topological polar surface area (TPSA) is 65.9 Å². The number of guanidine groups is 1. The number of ether oxygens (including phenoxy) is 1. The highest BCUT2D eigenvalue weighted by Gasteiger charge is 2.05. The number of rotatable bonds is 5. The van der Waals surface area contributed by atoms with E-state index in [2.05, 4.69) is 21.7 Å². The molecule has 0 saturated carbocycles. The molecule has 2 aromatic rings. The first-order valence-electron chi connectivity index (χ1n) is 6.55. The van der Waals surface area contributed by atoms with E-state index >= 15 is 0 Å². The van der Waals surface area contributed by atoms with Gasteiger partial charge in [0.1, 0.15) is 11.5 Å². The standard InChI is InChI=1S/C15H19N3O2S.HI/c1-16-15(18-10-13-4-3-7-21-13)17-9-11-8-12(20-2)5-6-14(11)19;/h3-8,19H,9-10H2,1-2H3,(H2,16,17,18);1H. The second-order valence-electron chi connectivity index (χ2n) is 4.35. The van der Waals surface area contributed by atoms with E-state index in [1.54, 1.807) is 43.7 Å². The van der Waals surface area contributed by atoms with Crippen LogP contribution in [0.4, 0.5) is 0 Å². The van der Waals surface area contributed by atoms with Crippen LogP contribution in [-0.2, 0) is 13.1 Å². The fourth-order valence-corrected chi connectivity index (χ4v) is 2.46. The number of hydrogen-bond donors (Lipinski definition) is 3. The average Bonchev–Trinajstić information content (AvgIpc) is 3.02. The molecule has 0 spiro atoms. The van der Waals surface area contributed by atoms with Crippen molar-refractivity contribution < 1.29 is 9.84 Å². The fraction of sp³-hybridized carbons (Fsp3) is 0.267. The van der Waals surface area contributed by atoms with Crippen LogP contribution in [0.2, 0.25) is 0 Å². The number of phenols is 1. The molecule has 0 saturated heterocycles. The summed E-state index contributed by atoms with van der Waals surface area (Å²) >= 11 is 1.70. The lowest BCUT2D eigenvalue weighted by Crippen LogP contribution is -2.36. The number of nitrogens with zero attached hydrogens (tertiary/aromatic N) is 1. The van der Waals surface area contributed by atoms with Gasteiger partial charge in [0.05, 0.1) is 13.7 Å². The van der Waals surface area contributed by atoms with Crippen LogP contribution in [0.15, 0.2) is 40.7 Å². The summed E-state index contributed by atoms with van der Waals surface area (Å²) in [5, 5.41) is 18.3. The number of methoxy groups -OCH3 is 1. The van der Waals surface area contributed by atoms with Gasteiger partial charge in [-0.15, -0.1) is 35.3 Å². The summed E-state index contributed by atoms with van der Waals surface area (Å²) in [6.07, 6.45) is 0. The molecule has 1 aromatic heterocycles. The molecule has 0 aliphatic heterocycles. The predicted molar refractivity (Wildman–Crippen MR) is 101 cm³/mol. The molecule has 1 aromatic carbocycles. The van der Waals surface area contributed by atoms with Crippen LogP contribution in [0.5, 0.6) is 11.5 Å². The molecule has 22 heavy (non-hydrogen) atoms. The zero-order valence-electron chi connectivity index (χ0n) is 12.5. The highest BCUT2D eigenvalue weighted by Crippen LogP contribution is 2.22. The van der Waals surface area contributed by atoms with E-state index in [1.165, 1.54) is 4.88 Å². The highest BCUT2D eigenvalue weighted by molar-refractivity contribution is 14.0. The molecule has 0 aliphatic rings. The number of aliphatic imine (C=N–C) groups is 1. The molecule has 120 valence electrons. The molecule has 0 unspecified atom stereocenters. The van der Waals surface area contributed by atoms with E-state index in [0.29, 0.717) is 18.3 Å². The fourth-order valence-electron chi connectivity index (χ4n) is 1.81. The molecule has 7 heteroatoms. The third-order valence-corrected chi connectivity index (χ3v) is 3.84. The quantitative estimate of drug-likeness (QED) is 0.386. The van der Waals surface area contributed by atoms with Gasteiger partial charge < -0.3 is 20.5 Å². The van der Waals surface area contributed by atoms with E-state index in [1.807, 2.05) is 11.4 Å². The zero-order valence-corrected chi connectivity index (χ0v) is 15.6. The third-order valence-electron chi connectivity index (χ3n) is 2.97. The van der Waals surface area contributed by atoms with Crippen molar-refractivity contribution in [3.63, 3.8) is 0 Å². The second-order valence-corrected chi connectivity index (χ2v) is 5.39. The number of hydrogen-bond acceptors (Lipinski definition) is 4. The Morgan fingerprint density at radius 1 is 1.27 bits per heavy atom. The van der Waals surface area contributed by atoms with Crippen LogP contribution in [-0.4, -0.2) is 25.2 Å². The number of phenolic OH excluding ortho intramolecular Hbond substituents is 1. The Morgan fingerprint density at radius 2 is 2.05 bits per heavy atom. The second kappa shape index (κ2) is 9.52. The minimum Gasteiger partial charge on any atom is -0.508 e. The van der Waals surface area contributed by atoms with Crippen LogP contribution in [0, 0.1) is 0 Å². The summed E-state index contributed by atoms with van der Waals surface area (Å²) in [6.45, 7) is 1.19. The van der Waals surface area contributed by atoms with Crippen LogP contribution < -0.4 is 15.4 Å². The van der Waals surface area contributed by atoms with Crippen LogP contribution in [0.25, 0.3) is 0 Å². The summed E-state index contributed by atoms with van der Waals surface area (Å²) in [7, 11) is 3.32. The molecule has 0 amide bonds. The molecule has 3 N–H and O–H groups in total. The molecule has 1 heterocycles. The van der Waals surface area contributed by atoms with Gasteiger partial charge >= 0.3 is 0 Å². The van der Waals surface area contributed by atoms with E-state index in [-0.39, 0.29) is 29.7 Å². The Morgan fingerprint density at radius 3 is 2.68 bits per heavy atom. The zero-order chi connectivity index (χ0) is 15.1. The first-order chi connectivity index (χ1) is 10.2. The summed E-state index contributed by atoms with van der Waals surface area (Å²) in [5.74, 6) is 1.63. The Labute approximate surface area is 151 Å². The Balaban J connectivity index is 0.00000242. The van der Waals surface area contributed by atoms with Gasteiger partial charge in [0.15, 0.2) is 5.96 Å². The molecular weight excluding hydrogens is 413 g/mol. The van der Waals surface area contributed by atoms with Crippen molar-refractivity contribution in [1.29, 1.82) is 0 Å². The van der Waals surface area contributed by atoms with Gasteiger partial charge in [-0.25, -0.2) is 0 Å². The highest BCUT2D eigenvalue weighted by atomic mass is 127. The largest absolute Gasteiger partial charge is 0.508 e. The number of benzene rings is 1. The Kier molecular flexibility index (Phi) is 8.03. The van der Waals surface area contributed by atoms with E-state index < -0.39 is 0 Å². The first kappa shape index (κ1) is 18.6. The van der Waals surface area contributed by atoms with Crippen molar-refractivity contribution in [2.45, 2.75) is 13.1 Å². The minimum atomic E-state index is 0. The maximum absolute atomic E-state index is 9.84. The van der Waals surface area contributed by atoms with Crippen LogP contribution >= 0.6 is 35.3 Å². The van der Waals surface area contributed by atoms with Crippen LogP contribution in [0.1, 0.15) is 10.4 Å². The lowest BCUT2D eigenvalue weighted by atomic mass is 10.2. The maximum Gasteiger partial charge on any atom is 0.191 e. The van der Waals surface area contributed by atoms with E-state index in [4.69, 9.17) is 4.74 Å². The summed E-state index contributed by atoms with van der Waals surface area (Å²) in [4.78, 5) is 5.40. The van der Waals surface area contributed by atoms with Gasteiger partial charge in [0.2, 0.25) is 0 Å². The number of aromatic hydroxyl groups is 1. The summed E-state index contributed by atoms with van der Waals surface area (Å²) in [6, 6.07) is 9.24. The molecule has 5 nitrogen and oxygen atoms in total. The Bertz CT molecular complexity index is 603. The van der Waals surface area contributed by atoms with Gasteiger partial charge in [0, 0.05) is 24.0 Å². The first-order valence-corrected chi connectivity index (χ1v) is 7.43. The average molecular weight is 433 g/mol. The Hall–Kier alpha value is -1.48. The summed E-state index contributed by atoms with van der Waals surface area (Å²) in [5.41, 5.74) is 0.758. The number of thiophene rings is 1. The van der Waals surface area contributed by atoms with Gasteiger partial charge in [-0.05, 0) is 29.6 Å². The lowest BCUT2D eigenvalue weighted by molar-refractivity contribution is 0.410. The molecule has 0 aliphatic carbocycles. The van der Waals surface area contributed by atoms with E-state index in [0.717, 1.165) is 12.1 Å². The molecular formula is C15H20IN3O2S. The molecule has 0 fully saturated rings. The van der Waals surface area contributed by atoms with Gasteiger partial charge in [-0.3, -0.25) is 4.99 Å². The van der Waals surface area contributed by atoms with Gasteiger partial charge in [0.25, 0.3) is 0 Å². The lowest BCUT2D eigenvalue weighted by Gasteiger charge is -2.12. The van der Waals surface area contributed by atoms with Gasteiger partial charge in [-0.1, -0.05) is 6.07 Å². The van der Waals surface area contributed by atoms with Crippen molar-refractivity contribution in [2.24, 2.45) is 4.99 Å². The van der Waals surface area contributed by atoms with E-state index in [9.17, 15) is 5.11 Å². The van der Waals surface area contributed by atoms with Crippen molar-refractivity contribution in [2.75, 3.05) is 14.2 Å². The smallest absolute Gasteiger partial charge is 0.191 e. The number of halogens is 1.